The number of amides is 1. The lowest BCUT2D eigenvalue weighted by atomic mass is 9.96. The highest BCUT2D eigenvalue weighted by atomic mass is 35.5. The minimum atomic E-state index is 0.0785. The van der Waals surface area contributed by atoms with E-state index in [9.17, 15) is 4.79 Å². The van der Waals surface area contributed by atoms with E-state index in [4.69, 9.17) is 16.3 Å². The average Bonchev–Trinajstić information content (AvgIpc) is 2.48. The third kappa shape index (κ3) is 5.30. The van der Waals surface area contributed by atoms with E-state index in [-0.39, 0.29) is 11.8 Å². The Balaban J connectivity index is 1.84. The summed E-state index contributed by atoms with van der Waals surface area (Å²) in [5, 5.41) is 3.70. The molecule has 4 nitrogen and oxygen atoms in total. The van der Waals surface area contributed by atoms with Crippen LogP contribution in [0.25, 0.3) is 0 Å². The summed E-state index contributed by atoms with van der Waals surface area (Å²) in [5.74, 6) is 0.220. The number of carbonyl (C=O) groups is 1. The van der Waals surface area contributed by atoms with Gasteiger partial charge in [0.05, 0.1) is 12.5 Å². The molecule has 21 heavy (non-hydrogen) atoms. The monoisotopic (exact) mass is 310 g/mol. The Kier molecular flexibility index (Phi) is 6.49. The van der Waals surface area contributed by atoms with Crippen molar-refractivity contribution in [3.8, 4) is 0 Å². The molecule has 1 aliphatic heterocycles. The van der Waals surface area contributed by atoms with Gasteiger partial charge in [0.2, 0.25) is 5.91 Å². The van der Waals surface area contributed by atoms with Crippen LogP contribution in [0.3, 0.4) is 0 Å². The molecule has 1 aromatic carbocycles. The van der Waals surface area contributed by atoms with Crippen LogP contribution >= 0.6 is 11.6 Å². The van der Waals surface area contributed by atoms with Crippen molar-refractivity contribution in [2.75, 3.05) is 33.4 Å². The summed E-state index contributed by atoms with van der Waals surface area (Å²) < 4.78 is 4.95. The normalized spacial score (nSPS) is 19.4. The predicted molar refractivity (Wildman–Crippen MR) is 84.3 cm³/mol. The average molecular weight is 311 g/mol. The molecular formula is C16H23ClN2O2. The Morgan fingerprint density at radius 1 is 1.52 bits per heavy atom. The number of nitrogens with one attached hydrogen (secondary N) is 1. The molecule has 2 rings (SSSR count). The van der Waals surface area contributed by atoms with Crippen LogP contribution < -0.4 is 5.32 Å². The van der Waals surface area contributed by atoms with Crippen LogP contribution in [-0.4, -0.2) is 44.2 Å². The second-order valence-electron chi connectivity index (χ2n) is 5.49. The Labute approximate surface area is 131 Å². The van der Waals surface area contributed by atoms with Crippen LogP contribution in [0.15, 0.2) is 24.3 Å². The van der Waals surface area contributed by atoms with Gasteiger partial charge in [-0.25, -0.2) is 0 Å². The maximum Gasteiger partial charge on any atom is 0.224 e. The molecule has 116 valence electrons. The first-order chi connectivity index (χ1) is 10.2. The molecule has 1 unspecified atom stereocenters. The van der Waals surface area contributed by atoms with Crippen LogP contribution in [0.4, 0.5) is 0 Å². The van der Waals surface area contributed by atoms with Crippen LogP contribution in [0.2, 0.25) is 5.02 Å². The Morgan fingerprint density at radius 3 is 3.14 bits per heavy atom. The molecule has 5 heteroatoms. The molecule has 1 aromatic rings. The molecule has 1 fully saturated rings. The van der Waals surface area contributed by atoms with Gasteiger partial charge in [-0.2, -0.15) is 0 Å². The highest BCUT2D eigenvalue weighted by Crippen LogP contribution is 2.20. The van der Waals surface area contributed by atoms with Crippen molar-refractivity contribution in [1.82, 2.24) is 10.2 Å². The molecule has 1 atom stereocenters. The van der Waals surface area contributed by atoms with Crippen molar-refractivity contribution in [1.29, 1.82) is 0 Å². The number of ether oxygens (including phenoxy) is 1. The van der Waals surface area contributed by atoms with Gasteiger partial charge in [-0.05, 0) is 37.1 Å². The fourth-order valence-electron chi connectivity index (χ4n) is 2.73. The van der Waals surface area contributed by atoms with Gasteiger partial charge in [-0.1, -0.05) is 23.7 Å². The van der Waals surface area contributed by atoms with E-state index in [0.717, 1.165) is 37.5 Å². The fraction of sp³-hybridized carbons (Fsp3) is 0.562. The molecule has 0 aliphatic carbocycles. The quantitative estimate of drug-likeness (QED) is 0.820. The number of halogens is 1. The van der Waals surface area contributed by atoms with Crippen molar-refractivity contribution in [2.24, 2.45) is 5.92 Å². The maximum absolute atomic E-state index is 12.1. The molecule has 0 radical (unpaired) electrons. The van der Waals surface area contributed by atoms with E-state index >= 15 is 0 Å². The number of nitrogens with zero attached hydrogens (tertiary/aromatic N) is 1. The minimum Gasteiger partial charge on any atom is -0.383 e. The third-order valence-electron chi connectivity index (χ3n) is 3.78. The van der Waals surface area contributed by atoms with E-state index in [1.807, 2.05) is 18.2 Å². The highest BCUT2D eigenvalue weighted by Gasteiger charge is 2.25. The summed E-state index contributed by atoms with van der Waals surface area (Å²) in [4.78, 5) is 14.4. The molecular weight excluding hydrogens is 288 g/mol. The van der Waals surface area contributed by atoms with Gasteiger partial charge in [0.25, 0.3) is 0 Å². The van der Waals surface area contributed by atoms with E-state index < -0.39 is 0 Å². The molecule has 0 saturated carbocycles. The van der Waals surface area contributed by atoms with E-state index in [2.05, 4.69) is 16.3 Å². The van der Waals surface area contributed by atoms with Gasteiger partial charge in [0.15, 0.2) is 0 Å². The standard InChI is InChI=1S/C16H23ClN2O2/c1-21-9-7-18-16(20)14-5-3-8-19(12-14)11-13-4-2-6-15(17)10-13/h2,4,6,10,14H,3,5,7-9,11-12H2,1H3,(H,18,20). The van der Waals surface area contributed by atoms with Crippen molar-refractivity contribution in [2.45, 2.75) is 19.4 Å². The second kappa shape index (κ2) is 8.37. The molecule has 1 amide bonds. The molecule has 1 N–H and O–H groups in total. The zero-order chi connectivity index (χ0) is 15.1. The number of likely N-dealkylation sites (tertiary alicyclic amines) is 1. The van der Waals surface area contributed by atoms with Gasteiger partial charge in [0.1, 0.15) is 0 Å². The van der Waals surface area contributed by atoms with Gasteiger partial charge < -0.3 is 10.1 Å². The maximum atomic E-state index is 12.1. The number of rotatable bonds is 6. The van der Waals surface area contributed by atoms with Crippen LogP contribution in [0, 0.1) is 5.92 Å². The smallest absolute Gasteiger partial charge is 0.224 e. The number of carbonyl (C=O) groups excluding carboxylic acids is 1. The lowest BCUT2D eigenvalue weighted by Gasteiger charge is -2.32. The van der Waals surface area contributed by atoms with Crippen LogP contribution in [-0.2, 0) is 16.1 Å². The van der Waals surface area contributed by atoms with Crippen molar-refractivity contribution < 1.29 is 9.53 Å². The van der Waals surface area contributed by atoms with Crippen molar-refractivity contribution >= 4 is 17.5 Å². The minimum absolute atomic E-state index is 0.0785. The summed E-state index contributed by atoms with van der Waals surface area (Å²) in [5.41, 5.74) is 1.20. The van der Waals surface area contributed by atoms with Gasteiger partial charge in [-0.15, -0.1) is 0 Å². The van der Waals surface area contributed by atoms with Gasteiger partial charge in [0, 0.05) is 31.8 Å². The lowest BCUT2D eigenvalue weighted by Crippen LogP contribution is -2.43. The highest BCUT2D eigenvalue weighted by molar-refractivity contribution is 6.30. The number of piperidine rings is 1. The molecule has 1 aliphatic rings. The Hall–Kier alpha value is -1.10. The van der Waals surface area contributed by atoms with E-state index in [1.54, 1.807) is 7.11 Å². The molecule has 1 heterocycles. The number of hydrogen-bond acceptors (Lipinski definition) is 3. The van der Waals surface area contributed by atoms with E-state index in [1.165, 1.54) is 5.56 Å². The summed E-state index contributed by atoms with van der Waals surface area (Å²) in [6, 6.07) is 7.92. The zero-order valence-electron chi connectivity index (χ0n) is 12.5. The summed E-state index contributed by atoms with van der Waals surface area (Å²) in [6.45, 7) is 3.84. The lowest BCUT2D eigenvalue weighted by molar-refractivity contribution is -0.127. The first kappa shape index (κ1) is 16.3. The van der Waals surface area contributed by atoms with Crippen LogP contribution in [0.1, 0.15) is 18.4 Å². The number of methoxy groups -OCH3 is 1. The molecule has 0 spiro atoms. The molecule has 1 saturated heterocycles. The first-order valence-corrected chi connectivity index (χ1v) is 7.80. The largest absolute Gasteiger partial charge is 0.383 e. The van der Waals surface area contributed by atoms with Gasteiger partial charge >= 0.3 is 0 Å². The summed E-state index contributed by atoms with van der Waals surface area (Å²) in [7, 11) is 1.64. The number of benzene rings is 1. The third-order valence-corrected chi connectivity index (χ3v) is 4.01. The summed E-state index contributed by atoms with van der Waals surface area (Å²) >= 11 is 6.02. The second-order valence-corrected chi connectivity index (χ2v) is 5.92. The zero-order valence-corrected chi connectivity index (χ0v) is 13.2. The number of hydrogen-bond donors (Lipinski definition) is 1. The SMILES string of the molecule is COCCNC(=O)C1CCCN(Cc2cccc(Cl)c2)C1. The summed E-state index contributed by atoms with van der Waals surface area (Å²) in [6.07, 6.45) is 2.02. The van der Waals surface area contributed by atoms with E-state index in [0.29, 0.717) is 13.2 Å². The first-order valence-electron chi connectivity index (χ1n) is 7.42. The fourth-order valence-corrected chi connectivity index (χ4v) is 2.94. The van der Waals surface area contributed by atoms with Gasteiger partial charge in [-0.3, -0.25) is 9.69 Å². The molecule has 0 bridgehead atoms. The Morgan fingerprint density at radius 2 is 2.38 bits per heavy atom. The Bertz CT molecular complexity index is 467. The topological polar surface area (TPSA) is 41.6 Å². The van der Waals surface area contributed by atoms with Crippen molar-refractivity contribution in [3.63, 3.8) is 0 Å². The van der Waals surface area contributed by atoms with Crippen molar-refractivity contribution in [3.05, 3.63) is 34.9 Å². The molecule has 0 aromatic heterocycles. The predicted octanol–water partition coefficient (Wildman–Crippen LogP) is 2.31. The van der Waals surface area contributed by atoms with Crippen LogP contribution in [0.5, 0.6) is 0 Å².